The van der Waals surface area contributed by atoms with E-state index in [1.54, 1.807) is 0 Å². The Morgan fingerprint density at radius 3 is 2.81 bits per heavy atom. The molecular formula is C16H22F2N2O. The van der Waals surface area contributed by atoms with Gasteiger partial charge in [0.2, 0.25) is 5.91 Å². The predicted octanol–water partition coefficient (Wildman–Crippen LogP) is 2.40. The molecule has 2 N–H and O–H groups in total. The van der Waals surface area contributed by atoms with Crippen LogP contribution in [0.2, 0.25) is 0 Å². The van der Waals surface area contributed by atoms with E-state index in [9.17, 15) is 13.6 Å². The highest BCUT2D eigenvalue weighted by Crippen LogP contribution is 2.29. The number of piperidine rings is 1. The summed E-state index contributed by atoms with van der Waals surface area (Å²) in [6.45, 7) is 5.89. The first-order valence-corrected chi connectivity index (χ1v) is 7.32. The number of carbonyl (C=O) groups is 1. The van der Waals surface area contributed by atoms with Gasteiger partial charge < -0.3 is 10.6 Å². The number of hydrogen-bond acceptors (Lipinski definition) is 2. The van der Waals surface area contributed by atoms with E-state index in [2.05, 4.69) is 24.5 Å². The SMILES string of the molecule is CC1(C)CCCNC1CNC(=O)Cc1ccc(F)c(F)c1. The molecule has 0 radical (unpaired) electrons. The fourth-order valence-corrected chi connectivity index (χ4v) is 2.73. The third-order valence-electron chi connectivity index (χ3n) is 4.18. The third kappa shape index (κ3) is 4.24. The molecule has 1 saturated heterocycles. The van der Waals surface area contributed by atoms with Gasteiger partial charge in [-0.15, -0.1) is 0 Å². The van der Waals surface area contributed by atoms with Crippen LogP contribution in [0, 0.1) is 17.0 Å². The van der Waals surface area contributed by atoms with Gasteiger partial charge in [-0.2, -0.15) is 0 Å². The maximum Gasteiger partial charge on any atom is 0.224 e. The van der Waals surface area contributed by atoms with Gasteiger partial charge in [0.05, 0.1) is 6.42 Å². The largest absolute Gasteiger partial charge is 0.354 e. The van der Waals surface area contributed by atoms with Gasteiger partial charge in [-0.05, 0) is 42.5 Å². The number of hydrogen-bond donors (Lipinski definition) is 2. The molecule has 116 valence electrons. The van der Waals surface area contributed by atoms with Crippen LogP contribution in [0.4, 0.5) is 8.78 Å². The van der Waals surface area contributed by atoms with Crippen molar-refractivity contribution < 1.29 is 13.6 Å². The molecule has 1 heterocycles. The van der Waals surface area contributed by atoms with Crippen molar-refractivity contribution in [3.8, 4) is 0 Å². The van der Waals surface area contributed by atoms with Gasteiger partial charge in [0.15, 0.2) is 11.6 Å². The Morgan fingerprint density at radius 1 is 1.38 bits per heavy atom. The van der Waals surface area contributed by atoms with Crippen molar-refractivity contribution in [2.45, 2.75) is 39.2 Å². The van der Waals surface area contributed by atoms with Crippen LogP contribution in [0.15, 0.2) is 18.2 Å². The Balaban J connectivity index is 1.85. The number of rotatable bonds is 4. The minimum absolute atomic E-state index is 0.0599. The summed E-state index contributed by atoms with van der Waals surface area (Å²) >= 11 is 0. The average Bonchev–Trinajstić information content (AvgIpc) is 2.41. The van der Waals surface area contributed by atoms with Crippen LogP contribution < -0.4 is 10.6 Å². The van der Waals surface area contributed by atoms with E-state index in [1.165, 1.54) is 6.07 Å². The van der Waals surface area contributed by atoms with Crippen LogP contribution in [-0.4, -0.2) is 25.0 Å². The number of carbonyl (C=O) groups excluding carboxylic acids is 1. The second kappa shape index (κ2) is 6.52. The molecule has 1 aromatic carbocycles. The normalized spacial score (nSPS) is 21.0. The first kappa shape index (κ1) is 15.9. The zero-order valence-electron chi connectivity index (χ0n) is 12.5. The predicted molar refractivity (Wildman–Crippen MR) is 77.9 cm³/mol. The second-order valence-electron chi connectivity index (χ2n) is 6.33. The van der Waals surface area contributed by atoms with Gasteiger partial charge in [-0.3, -0.25) is 4.79 Å². The molecule has 0 saturated carbocycles. The van der Waals surface area contributed by atoms with E-state index < -0.39 is 11.6 Å². The highest BCUT2D eigenvalue weighted by Gasteiger charge is 2.31. The molecule has 1 aliphatic heterocycles. The number of amides is 1. The van der Waals surface area contributed by atoms with E-state index in [1.807, 2.05) is 0 Å². The summed E-state index contributed by atoms with van der Waals surface area (Å²) in [5.74, 6) is -1.99. The van der Waals surface area contributed by atoms with E-state index in [-0.39, 0.29) is 23.8 Å². The highest BCUT2D eigenvalue weighted by molar-refractivity contribution is 5.78. The lowest BCUT2D eigenvalue weighted by atomic mass is 9.77. The quantitative estimate of drug-likeness (QED) is 0.896. The fourth-order valence-electron chi connectivity index (χ4n) is 2.73. The summed E-state index contributed by atoms with van der Waals surface area (Å²) in [4.78, 5) is 11.9. The summed E-state index contributed by atoms with van der Waals surface area (Å²) in [7, 11) is 0. The lowest BCUT2D eigenvalue weighted by molar-refractivity contribution is -0.120. The first-order valence-electron chi connectivity index (χ1n) is 7.32. The van der Waals surface area contributed by atoms with E-state index in [0.29, 0.717) is 12.1 Å². The molecule has 5 heteroatoms. The van der Waals surface area contributed by atoms with Gasteiger partial charge in [-0.1, -0.05) is 19.9 Å². The van der Waals surface area contributed by atoms with Crippen LogP contribution in [0.3, 0.4) is 0 Å². The molecule has 1 unspecified atom stereocenters. The average molecular weight is 296 g/mol. The summed E-state index contributed by atoms with van der Waals surface area (Å²) < 4.78 is 25.9. The maximum atomic E-state index is 13.1. The zero-order valence-corrected chi connectivity index (χ0v) is 12.5. The summed E-state index contributed by atoms with van der Waals surface area (Å²) in [5.41, 5.74) is 0.621. The molecule has 0 aromatic heterocycles. The maximum absolute atomic E-state index is 13.1. The molecule has 3 nitrogen and oxygen atoms in total. The highest BCUT2D eigenvalue weighted by atomic mass is 19.2. The Morgan fingerprint density at radius 2 is 2.14 bits per heavy atom. The standard InChI is InChI=1S/C16H22F2N2O/c1-16(2)6-3-7-19-14(16)10-20-15(21)9-11-4-5-12(17)13(18)8-11/h4-5,8,14,19H,3,6-7,9-10H2,1-2H3,(H,20,21). The van der Waals surface area contributed by atoms with Crippen molar-refractivity contribution in [3.63, 3.8) is 0 Å². The molecule has 2 rings (SSSR count). The zero-order chi connectivity index (χ0) is 15.5. The van der Waals surface area contributed by atoms with Crippen LogP contribution >= 0.6 is 0 Å². The Kier molecular flexibility index (Phi) is 4.93. The summed E-state index contributed by atoms with van der Waals surface area (Å²) in [5, 5.41) is 6.29. The van der Waals surface area contributed by atoms with Gasteiger partial charge in [-0.25, -0.2) is 8.78 Å². The van der Waals surface area contributed by atoms with Gasteiger partial charge in [0.25, 0.3) is 0 Å². The molecule has 21 heavy (non-hydrogen) atoms. The van der Waals surface area contributed by atoms with Crippen LogP contribution in [-0.2, 0) is 11.2 Å². The van der Waals surface area contributed by atoms with Crippen LogP contribution in [0.5, 0.6) is 0 Å². The topological polar surface area (TPSA) is 41.1 Å². The molecule has 0 spiro atoms. The molecular weight excluding hydrogens is 274 g/mol. The Hall–Kier alpha value is -1.49. The second-order valence-corrected chi connectivity index (χ2v) is 6.33. The smallest absolute Gasteiger partial charge is 0.224 e. The van der Waals surface area contributed by atoms with Crippen LogP contribution in [0.25, 0.3) is 0 Å². The van der Waals surface area contributed by atoms with Gasteiger partial charge in [0.1, 0.15) is 0 Å². The minimum atomic E-state index is -0.921. The van der Waals surface area contributed by atoms with Crippen molar-refractivity contribution >= 4 is 5.91 Å². The Bertz CT molecular complexity index is 517. The van der Waals surface area contributed by atoms with Crippen molar-refractivity contribution in [1.29, 1.82) is 0 Å². The molecule has 1 amide bonds. The molecule has 0 bridgehead atoms. The minimum Gasteiger partial charge on any atom is -0.354 e. The lowest BCUT2D eigenvalue weighted by Gasteiger charge is -2.39. The fraction of sp³-hybridized carbons (Fsp3) is 0.562. The Labute approximate surface area is 124 Å². The van der Waals surface area contributed by atoms with E-state index in [4.69, 9.17) is 0 Å². The summed E-state index contributed by atoms with van der Waals surface area (Å²) in [6, 6.07) is 3.78. The van der Waals surface area contributed by atoms with Crippen molar-refractivity contribution in [2.24, 2.45) is 5.41 Å². The van der Waals surface area contributed by atoms with Crippen molar-refractivity contribution in [1.82, 2.24) is 10.6 Å². The molecule has 1 fully saturated rings. The lowest BCUT2D eigenvalue weighted by Crippen LogP contribution is -2.53. The van der Waals surface area contributed by atoms with Gasteiger partial charge >= 0.3 is 0 Å². The number of benzene rings is 1. The van der Waals surface area contributed by atoms with Crippen molar-refractivity contribution in [2.75, 3.05) is 13.1 Å². The van der Waals surface area contributed by atoms with Gasteiger partial charge in [0, 0.05) is 12.6 Å². The molecule has 1 aromatic rings. The molecule has 0 aliphatic carbocycles. The van der Waals surface area contributed by atoms with Crippen molar-refractivity contribution in [3.05, 3.63) is 35.4 Å². The summed E-state index contributed by atoms with van der Waals surface area (Å²) in [6.07, 6.45) is 2.33. The number of nitrogens with one attached hydrogen (secondary N) is 2. The molecule has 1 atom stereocenters. The molecule has 1 aliphatic rings. The van der Waals surface area contributed by atoms with Crippen LogP contribution in [0.1, 0.15) is 32.3 Å². The third-order valence-corrected chi connectivity index (χ3v) is 4.18. The van der Waals surface area contributed by atoms with E-state index in [0.717, 1.165) is 31.5 Å². The monoisotopic (exact) mass is 296 g/mol. The number of halogens is 2. The van der Waals surface area contributed by atoms with E-state index >= 15 is 0 Å². The first-order chi connectivity index (χ1) is 9.88.